The lowest BCUT2D eigenvalue weighted by molar-refractivity contribution is -0.384. The largest absolute Gasteiger partial charge is 0.452 e. The molecule has 1 saturated carbocycles. The molecule has 2 aliphatic rings. The Morgan fingerprint density at radius 2 is 1.90 bits per heavy atom. The van der Waals surface area contributed by atoms with E-state index >= 15 is 0 Å². The topological polar surface area (TPSA) is 102 Å². The highest BCUT2D eigenvalue weighted by Gasteiger charge is 2.26. The van der Waals surface area contributed by atoms with Crippen LogP contribution in [0.2, 0.25) is 0 Å². The Hall–Kier alpha value is -2.64. The normalized spacial score (nSPS) is 20.3. The number of carbonyl (C=O) groups is 2. The third kappa shape index (κ3) is 5.93. The zero-order chi connectivity index (χ0) is 21.5. The number of amides is 1. The van der Waals surface area contributed by atoms with Crippen LogP contribution in [-0.4, -0.2) is 42.5 Å². The molecule has 0 aromatic heterocycles. The van der Waals surface area contributed by atoms with E-state index in [1.54, 1.807) is 6.07 Å². The van der Waals surface area contributed by atoms with E-state index in [-0.39, 0.29) is 29.8 Å². The van der Waals surface area contributed by atoms with Crippen molar-refractivity contribution in [2.75, 3.05) is 24.6 Å². The fourth-order valence-corrected chi connectivity index (χ4v) is 4.38. The van der Waals surface area contributed by atoms with Crippen molar-refractivity contribution in [1.82, 2.24) is 5.32 Å². The number of piperidine rings is 1. The second-order valence-corrected chi connectivity index (χ2v) is 8.49. The molecule has 1 aromatic rings. The van der Waals surface area contributed by atoms with E-state index in [0.29, 0.717) is 11.6 Å². The number of nitrogens with zero attached hydrogens (tertiary/aromatic N) is 2. The molecule has 0 spiro atoms. The van der Waals surface area contributed by atoms with Gasteiger partial charge < -0.3 is 15.0 Å². The van der Waals surface area contributed by atoms with Gasteiger partial charge in [-0.05, 0) is 43.7 Å². The molecule has 0 unspecified atom stereocenters. The second-order valence-electron chi connectivity index (χ2n) is 8.49. The molecule has 1 N–H and O–H groups in total. The van der Waals surface area contributed by atoms with Crippen molar-refractivity contribution in [3.05, 3.63) is 33.9 Å². The van der Waals surface area contributed by atoms with E-state index in [1.807, 2.05) is 4.90 Å². The zero-order valence-corrected chi connectivity index (χ0v) is 17.6. The van der Waals surface area contributed by atoms with Crippen molar-refractivity contribution in [3.8, 4) is 0 Å². The van der Waals surface area contributed by atoms with Crippen LogP contribution in [0, 0.1) is 16.0 Å². The molecule has 1 aliphatic heterocycles. The molecule has 164 valence electrons. The summed E-state index contributed by atoms with van der Waals surface area (Å²) in [4.78, 5) is 37.6. The highest BCUT2D eigenvalue weighted by Crippen LogP contribution is 2.32. The van der Waals surface area contributed by atoms with Crippen LogP contribution in [0.1, 0.15) is 68.6 Å². The number of nitrogens with one attached hydrogen (secondary N) is 1. The van der Waals surface area contributed by atoms with Gasteiger partial charge in [-0.2, -0.15) is 0 Å². The number of hydrogen-bond donors (Lipinski definition) is 1. The molecule has 1 amide bonds. The Labute approximate surface area is 177 Å². The number of nitro benzene ring substituents is 1. The van der Waals surface area contributed by atoms with Crippen LogP contribution >= 0.6 is 0 Å². The van der Waals surface area contributed by atoms with Gasteiger partial charge in [-0.3, -0.25) is 14.9 Å². The summed E-state index contributed by atoms with van der Waals surface area (Å²) in [6, 6.07) is 4.53. The molecule has 30 heavy (non-hydrogen) atoms. The minimum Gasteiger partial charge on any atom is -0.452 e. The Balaban J connectivity index is 1.60. The maximum Gasteiger partial charge on any atom is 0.338 e. The summed E-state index contributed by atoms with van der Waals surface area (Å²) < 4.78 is 5.11. The highest BCUT2D eigenvalue weighted by molar-refractivity contribution is 5.93. The third-order valence-electron chi connectivity index (χ3n) is 5.96. The lowest BCUT2D eigenvalue weighted by atomic mass is 9.99. The van der Waals surface area contributed by atoms with E-state index in [1.165, 1.54) is 25.0 Å². The number of ether oxygens (including phenoxy) is 1. The van der Waals surface area contributed by atoms with Crippen LogP contribution in [0.3, 0.4) is 0 Å². The number of rotatable bonds is 6. The monoisotopic (exact) mass is 417 g/mol. The number of benzene rings is 1. The Kier molecular flexibility index (Phi) is 7.65. The zero-order valence-electron chi connectivity index (χ0n) is 17.6. The van der Waals surface area contributed by atoms with Gasteiger partial charge in [0.1, 0.15) is 5.69 Å². The molecule has 1 heterocycles. The fourth-order valence-electron chi connectivity index (χ4n) is 4.38. The van der Waals surface area contributed by atoms with Crippen LogP contribution in [0.5, 0.6) is 0 Å². The molecule has 8 heteroatoms. The predicted molar refractivity (Wildman–Crippen MR) is 114 cm³/mol. The van der Waals surface area contributed by atoms with E-state index in [9.17, 15) is 19.7 Å². The Morgan fingerprint density at radius 3 is 2.57 bits per heavy atom. The summed E-state index contributed by atoms with van der Waals surface area (Å²) in [6.45, 7) is 3.26. The van der Waals surface area contributed by atoms with Gasteiger partial charge in [0.15, 0.2) is 6.61 Å². The summed E-state index contributed by atoms with van der Waals surface area (Å²) in [6.07, 6.45) is 8.55. The average Bonchev–Trinajstić information content (AvgIpc) is 3.00. The van der Waals surface area contributed by atoms with Crippen LogP contribution in [0.4, 0.5) is 11.4 Å². The second kappa shape index (κ2) is 10.4. The van der Waals surface area contributed by atoms with Gasteiger partial charge in [0.2, 0.25) is 0 Å². The van der Waals surface area contributed by atoms with Crippen molar-refractivity contribution >= 4 is 23.3 Å². The Bertz CT molecular complexity index is 774. The van der Waals surface area contributed by atoms with E-state index in [2.05, 4.69) is 12.2 Å². The number of carbonyl (C=O) groups excluding carboxylic acids is 2. The number of esters is 1. The lowest BCUT2D eigenvalue weighted by Crippen LogP contribution is -2.37. The van der Waals surface area contributed by atoms with E-state index in [4.69, 9.17) is 4.74 Å². The maximum atomic E-state index is 12.4. The first-order chi connectivity index (χ1) is 14.4. The number of hydrogen-bond acceptors (Lipinski definition) is 6. The Morgan fingerprint density at radius 1 is 1.17 bits per heavy atom. The first-order valence-electron chi connectivity index (χ1n) is 10.9. The minimum atomic E-state index is -0.729. The van der Waals surface area contributed by atoms with Crippen LogP contribution < -0.4 is 10.2 Å². The van der Waals surface area contributed by atoms with Crippen LogP contribution in [0.15, 0.2) is 18.2 Å². The van der Waals surface area contributed by atoms with Crippen molar-refractivity contribution in [3.63, 3.8) is 0 Å². The van der Waals surface area contributed by atoms with Crippen molar-refractivity contribution in [1.29, 1.82) is 0 Å². The summed E-state index contributed by atoms with van der Waals surface area (Å²) in [5, 5.41) is 14.5. The number of anilines is 1. The van der Waals surface area contributed by atoms with Crippen molar-refractivity contribution in [2.24, 2.45) is 5.92 Å². The molecule has 0 radical (unpaired) electrons. The van der Waals surface area contributed by atoms with Gasteiger partial charge >= 0.3 is 5.97 Å². The molecule has 1 saturated heterocycles. The maximum absolute atomic E-state index is 12.4. The average molecular weight is 418 g/mol. The molecule has 8 nitrogen and oxygen atoms in total. The molecule has 2 fully saturated rings. The summed E-state index contributed by atoms with van der Waals surface area (Å²) in [7, 11) is 0. The minimum absolute atomic E-state index is 0.0813. The fraction of sp³-hybridized carbons (Fsp3) is 0.636. The molecular weight excluding hydrogens is 386 g/mol. The van der Waals surface area contributed by atoms with Gasteiger partial charge in [-0.1, -0.05) is 32.6 Å². The summed E-state index contributed by atoms with van der Waals surface area (Å²) in [5.74, 6) is -0.591. The van der Waals surface area contributed by atoms with E-state index < -0.39 is 10.9 Å². The van der Waals surface area contributed by atoms with Gasteiger partial charge in [0.25, 0.3) is 11.6 Å². The molecule has 1 aliphatic carbocycles. The molecule has 3 rings (SSSR count). The smallest absolute Gasteiger partial charge is 0.338 e. The van der Waals surface area contributed by atoms with Crippen molar-refractivity contribution < 1.29 is 19.2 Å². The van der Waals surface area contributed by atoms with Gasteiger partial charge in [-0.15, -0.1) is 0 Å². The summed E-state index contributed by atoms with van der Waals surface area (Å²) >= 11 is 0. The standard InChI is InChI=1S/C22H31N3O5/c1-16-7-6-12-24(14-16)19-11-10-17(13-20(19)25(28)29)22(27)30-15-21(26)23-18-8-4-2-3-5-9-18/h10-11,13,16,18H,2-9,12,14-15H2,1H3,(H,23,26)/t16-/m0/s1. The van der Waals surface area contributed by atoms with Crippen molar-refractivity contribution in [2.45, 2.75) is 64.3 Å². The number of nitro groups is 1. The van der Waals surface area contributed by atoms with Crippen LogP contribution in [0.25, 0.3) is 0 Å². The van der Waals surface area contributed by atoms with Gasteiger partial charge in [-0.25, -0.2) is 4.79 Å². The molecule has 0 bridgehead atoms. The van der Waals surface area contributed by atoms with E-state index in [0.717, 1.165) is 51.6 Å². The summed E-state index contributed by atoms with van der Waals surface area (Å²) in [5.41, 5.74) is 0.494. The highest BCUT2D eigenvalue weighted by atomic mass is 16.6. The quantitative estimate of drug-likeness (QED) is 0.327. The molecule has 1 atom stereocenters. The predicted octanol–water partition coefficient (Wildman–Crippen LogP) is 3.83. The molecule has 1 aromatic carbocycles. The van der Waals surface area contributed by atoms with Gasteiger partial charge in [0, 0.05) is 25.2 Å². The first kappa shape index (κ1) is 22.1. The SMILES string of the molecule is C[C@H]1CCCN(c2ccc(C(=O)OCC(=O)NC3CCCCCC3)cc2[N+](=O)[O-])C1. The third-order valence-corrected chi connectivity index (χ3v) is 5.96. The first-order valence-corrected chi connectivity index (χ1v) is 10.9. The van der Waals surface area contributed by atoms with Gasteiger partial charge in [0.05, 0.1) is 10.5 Å². The lowest BCUT2D eigenvalue weighted by Gasteiger charge is -2.32. The van der Waals surface area contributed by atoms with Crippen LogP contribution in [-0.2, 0) is 9.53 Å². The molecular formula is C22H31N3O5.